The van der Waals surface area contributed by atoms with Gasteiger partial charge in [0.1, 0.15) is 5.82 Å². The average Bonchev–Trinajstić information content (AvgIpc) is 2.52. The van der Waals surface area contributed by atoms with Crippen LogP contribution in [0.1, 0.15) is 55.8 Å². The lowest BCUT2D eigenvalue weighted by molar-refractivity contribution is 0.608. The second kappa shape index (κ2) is 12.9. The van der Waals surface area contributed by atoms with Crippen LogP contribution in [0.4, 0.5) is 4.39 Å². The van der Waals surface area contributed by atoms with E-state index in [4.69, 9.17) is 0 Å². The van der Waals surface area contributed by atoms with E-state index in [1.165, 1.54) is 17.2 Å². The van der Waals surface area contributed by atoms with E-state index < -0.39 is 0 Å². The third-order valence-electron chi connectivity index (χ3n) is 2.64. The van der Waals surface area contributed by atoms with Crippen LogP contribution < -0.4 is 0 Å². The molecule has 2 aromatic heterocycles. The zero-order valence-corrected chi connectivity index (χ0v) is 15.6. The van der Waals surface area contributed by atoms with Gasteiger partial charge in [0.2, 0.25) is 0 Å². The Labute approximate surface area is 135 Å². The Bertz CT molecular complexity index is 487. The van der Waals surface area contributed by atoms with E-state index in [1.54, 1.807) is 13.1 Å². The molecule has 0 saturated carbocycles. The van der Waals surface area contributed by atoms with Crippen LogP contribution in [-0.2, 0) is 0 Å². The Kier molecular flexibility index (Phi) is 13.2. The summed E-state index contributed by atoms with van der Waals surface area (Å²) in [5.74, 6) is -0.227. The molecule has 2 heterocycles. The van der Waals surface area contributed by atoms with Crippen molar-refractivity contribution in [1.29, 1.82) is 0 Å². The van der Waals surface area contributed by atoms with Gasteiger partial charge < -0.3 is 0 Å². The van der Waals surface area contributed by atoms with Crippen molar-refractivity contribution in [3.05, 3.63) is 58.4 Å². The van der Waals surface area contributed by atoms with Crippen LogP contribution >= 0.6 is 0 Å². The van der Waals surface area contributed by atoms with Crippen LogP contribution in [0.3, 0.4) is 0 Å². The molecule has 2 aromatic rings. The molecule has 0 aliphatic carbocycles. The van der Waals surface area contributed by atoms with E-state index >= 15 is 0 Å². The molecule has 0 spiro atoms. The van der Waals surface area contributed by atoms with Crippen molar-refractivity contribution in [3.63, 3.8) is 0 Å². The molecule has 0 aromatic carbocycles. The molecule has 0 amide bonds. The molecule has 0 fully saturated rings. The topological polar surface area (TPSA) is 25.8 Å². The minimum atomic E-state index is -0.227. The number of aryl methyl sites for hydroxylation is 5. The molecular weight excluding hydrogens is 275 g/mol. The molecule has 0 saturated heterocycles. The third-order valence-corrected chi connectivity index (χ3v) is 2.64. The van der Waals surface area contributed by atoms with Gasteiger partial charge in [-0.15, -0.1) is 0 Å². The van der Waals surface area contributed by atoms with Crippen molar-refractivity contribution in [1.82, 2.24) is 9.97 Å². The van der Waals surface area contributed by atoms with Gasteiger partial charge >= 0.3 is 0 Å². The summed E-state index contributed by atoms with van der Waals surface area (Å²) in [5, 5.41) is 0. The van der Waals surface area contributed by atoms with E-state index in [-0.39, 0.29) is 5.82 Å². The summed E-state index contributed by atoms with van der Waals surface area (Å²) < 4.78 is 12.5. The number of halogens is 1. The standard InChI is InChI=1S/C8H11N.C7H8FN.2C2H6/c1-6-4-7(2)8(3)9-5-6;1-5-3-7(8)6(2)9-4-5;2*1-2/h4-5H,1-3H3;3-4H,1-2H3;2*1-2H3. The van der Waals surface area contributed by atoms with Crippen LogP contribution in [0.5, 0.6) is 0 Å². The first-order valence-corrected chi connectivity index (χ1v) is 7.88. The fourth-order valence-corrected chi connectivity index (χ4v) is 1.39. The van der Waals surface area contributed by atoms with Crippen molar-refractivity contribution >= 4 is 0 Å². The predicted molar refractivity (Wildman–Crippen MR) is 94.8 cm³/mol. The number of hydrogen-bond donors (Lipinski definition) is 0. The molecule has 0 bridgehead atoms. The van der Waals surface area contributed by atoms with Crippen LogP contribution in [0, 0.1) is 40.4 Å². The SMILES string of the molecule is CC.CC.Cc1cnc(C)c(C)c1.Cc1cnc(C)c(F)c1. The van der Waals surface area contributed by atoms with Gasteiger partial charge in [0.25, 0.3) is 0 Å². The Morgan fingerprint density at radius 3 is 1.41 bits per heavy atom. The van der Waals surface area contributed by atoms with Gasteiger partial charge in [-0.1, -0.05) is 33.8 Å². The first-order chi connectivity index (χ1) is 10.4. The number of nitrogens with zero attached hydrogens (tertiary/aromatic N) is 2. The van der Waals surface area contributed by atoms with E-state index in [0.717, 1.165) is 11.3 Å². The van der Waals surface area contributed by atoms with Crippen LogP contribution in [-0.4, -0.2) is 9.97 Å². The number of rotatable bonds is 0. The first-order valence-electron chi connectivity index (χ1n) is 7.88. The predicted octanol–water partition coefficient (Wildman–Crippen LogP) is 5.90. The zero-order valence-electron chi connectivity index (χ0n) is 15.6. The molecule has 2 nitrogen and oxygen atoms in total. The lowest BCUT2D eigenvalue weighted by atomic mass is 10.2. The quantitative estimate of drug-likeness (QED) is 0.606. The summed E-state index contributed by atoms with van der Waals surface area (Å²) in [4.78, 5) is 7.98. The molecule has 0 N–H and O–H groups in total. The maximum absolute atomic E-state index is 12.5. The van der Waals surface area contributed by atoms with Crippen molar-refractivity contribution in [2.45, 2.75) is 62.3 Å². The van der Waals surface area contributed by atoms with Crippen LogP contribution in [0.25, 0.3) is 0 Å². The molecule has 22 heavy (non-hydrogen) atoms. The smallest absolute Gasteiger partial charge is 0.144 e. The van der Waals surface area contributed by atoms with Gasteiger partial charge in [-0.25, -0.2) is 4.39 Å². The Balaban J connectivity index is 0. The third kappa shape index (κ3) is 9.22. The Morgan fingerprint density at radius 1 is 0.682 bits per heavy atom. The van der Waals surface area contributed by atoms with Crippen molar-refractivity contribution in [2.75, 3.05) is 0 Å². The van der Waals surface area contributed by atoms with E-state index in [0.29, 0.717) is 5.69 Å². The van der Waals surface area contributed by atoms with Gasteiger partial charge in [-0.2, -0.15) is 0 Å². The molecule has 0 radical (unpaired) electrons. The Hall–Kier alpha value is -1.77. The van der Waals surface area contributed by atoms with Gasteiger partial charge in [0.05, 0.1) is 5.69 Å². The number of pyridine rings is 2. The zero-order chi connectivity index (χ0) is 17.7. The molecule has 0 atom stereocenters. The lowest BCUT2D eigenvalue weighted by Gasteiger charge is -1.97. The molecule has 3 heteroatoms. The van der Waals surface area contributed by atoms with Gasteiger partial charge in [0, 0.05) is 18.1 Å². The van der Waals surface area contributed by atoms with Crippen molar-refractivity contribution < 1.29 is 4.39 Å². The fraction of sp³-hybridized carbons (Fsp3) is 0.474. The van der Waals surface area contributed by atoms with Gasteiger partial charge in [0.15, 0.2) is 0 Å². The van der Waals surface area contributed by atoms with Crippen molar-refractivity contribution in [3.8, 4) is 0 Å². The maximum Gasteiger partial charge on any atom is 0.144 e. The monoisotopic (exact) mass is 306 g/mol. The van der Waals surface area contributed by atoms with Gasteiger partial charge in [-0.3, -0.25) is 9.97 Å². The highest BCUT2D eigenvalue weighted by molar-refractivity contribution is 5.21. The molecule has 0 aliphatic rings. The van der Waals surface area contributed by atoms with E-state index in [1.807, 2.05) is 47.7 Å². The van der Waals surface area contributed by atoms with Crippen molar-refractivity contribution in [2.24, 2.45) is 0 Å². The van der Waals surface area contributed by atoms with E-state index in [2.05, 4.69) is 29.9 Å². The van der Waals surface area contributed by atoms with Crippen LogP contribution in [0.15, 0.2) is 24.5 Å². The number of aromatic nitrogens is 2. The minimum Gasteiger partial charge on any atom is -0.261 e. The first kappa shape index (κ1) is 22.5. The summed E-state index contributed by atoms with van der Waals surface area (Å²) in [5.41, 5.74) is 4.95. The van der Waals surface area contributed by atoms with E-state index in [9.17, 15) is 4.39 Å². The Morgan fingerprint density at radius 2 is 1.09 bits per heavy atom. The maximum atomic E-state index is 12.5. The highest BCUT2D eigenvalue weighted by atomic mass is 19.1. The van der Waals surface area contributed by atoms with Crippen LogP contribution in [0.2, 0.25) is 0 Å². The molecule has 0 aliphatic heterocycles. The lowest BCUT2D eigenvalue weighted by Crippen LogP contribution is -1.87. The normalized spacial score (nSPS) is 8.45. The number of hydrogen-bond acceptors (Lipinski definition) is 2. The fourth-order valence-electron chi connectivity index (χ4n) is 1.39. The summed E-state index contributed by atoms with van der Waals surface area (Å²) in [7, 11) is 0. The minimum absolute atomic E-state index is 0.227. The summed E-state index contributed by atoms with van der Waals surface area (Å²) in [6.45, 7) is 17.6. The summed E-state index contributed by atoms with van der Waals surface area (Å²) in [6.07, 6.45) is 3.54. The summed E-state index contributed by atoms with van der Waals surface area (Å²) in [6, 6.07) is 3.62. The average molecular weight is 306 g/mol. The summed E-state index contributed by atoms with van der Waals surface area (Å²) >= 11 is 0. The highest BCUT2D eigenvalue weighted by Gasteiger charge is 1.95. The second-order valence-electron chi connectivity index (χ2n) is 4.49. The highest BCUT2D eigenvalue weighted by Crippen LogP contribution is 2.04. The molecule has 124 valence electrons. The molecule has 2 rings (SSSR count). The second-order valence-corrected chi connectivity index (χ2v) is 4.49. The van der Waals surface area contributed by atoms with Gasteiger partial charge in [-0.05, 0) is 57.4 Å². The molecule has 0 unspecified atom stereocenters. The molecular formula is C19H31FN2. The largest absolute Gasteiger partial charge is 0.261 e.